The second-order valence-corrected chi connectivity index (χ2v) is 7.16. The van der Waals surface area contributed by atoms with Crippen LogP contribution < -0.4 is 5.32 Å². The highest BCUT2D eigenvalue weighted by atomic mass is 35.5. The Morgan fingerprint density at radius 3 is 2.88 bits per heavy atom. The van der Waals surface area contributed by atoms with Crippen LogP contribution in [0.2, 0.25) is 5.02 Å². The van der Waals surface area contributed by atoms with Crippen molar-refractivity contribution >= 4 is 23.4 Å². The average molecular weight is 350 g/mol. The molecule has 1 N–H and O–H groups in total. The minimum absolute atomic E-state index is 0.0144. The molecule has 3 unspecified atom stereocenters. The third kappa shape index (κ3) is 3.28. The number of carbonyl (C=O) groups is 2. The Balaban J connectivity index is 1.84. The number of nitrogens with one attached hydrogen (secondary N) is 1. The maximum Gasteiger partial charge on any atom is 0.228 e. The molecule has 2 fully saturated rings. The lowest BCUT2D eigenvalue weighted by Gasteiger charge is -2.35. The molecule has 2 amide bonds. The van der Waals surface area contributed by atoms with Crippen molar-refractivity contribution in [3.05, 3.63) is 34.9 Å². The predicted octanol–water partition coefficient (Wildman–Crippen LogP) is 2.07. The molecule has 0 aromatic heterocycles. The van der Waals surface area contributed by atoms with Gasteiger partial charge in [0, 0.05) is 37.6 Å². The molecular weight excluding hydrogens is 326 g/mol. The maximum atomic E-state index is 13.1. The summed E-state index contributed by atoms with van der Waals surface area (Å²) in [5.41, 5.74) is 0.927. The van der Waals surface area contributed by atoms with E-state index in [9.17, 15) is 9.59 Å². The van der Waals surface area contributed by atoms with E-state index in [1.165, 1.54) is 0 Å². The van der Waals surface area contributed by atoms with Crippen LogP contribution in [0.1, 0.15) is 30.9 Å². The van der Waals surface area contributed by atoms with E-state index in [0.717, 1.165) is 24.9 Å². The molecule has 0 spiro atoms. The van der Waals surface area contributed by atoms with Crippen LogP contribution >= 0.6 is 11.6 Å². The number of likely N-dealkylation sites (tertiary alicyclic amines) is 2. The van der Waals surface area contributed by atoms with Crippen molar-refractivity contribution in [2.45, 2.75) is 31.3 Å². The molecule has 24 heavy (non-hydrogen) atoms. The molecule has 2 aliphatic rings. The molecule has 6 heteroatoms. The van der Waals surface area contributed by atoms with Gasteiger partial charge >= 0.3 is 0 Å². The Kier molecular flexibility index (Phi) is 5.11. The summed E-state index contributed by atoms with van der Waals surface area (Å²) in [6, 6.07) is 7.57. The summed E-state index contributed by atoms with van der Waals surface area (Å²) in [4.78, 5) is 29.0. The second-order valence-electron chi connectivity index (χ2n) is 6.73. The number of hydrogen-bond donors (Lipinski definition) is 1. The maximum absolute atomic E-state index is 13.1. The zero-order valence-corrected chi connectivity index (χ0v) is 14.9. The molecule has 0 radical (unpaired) electrons. The number of hydrogen-bond acceptors (Lipinski definition) is 3. The fourth-order valence-electron chi connectivity index (χ4n) is 3.89. The first kappa shape index (κ1) is 17.2. The van der Waals surface area contributed by atoms with Crippen LogP contribution in [0.15, 0.2) is 24.3 Å². The molecule has 130 valence electrons. The lowest BCUT2D eigenvalue weighted by atomic mass is 9.91. The number of amides is 2. The lowest BCUT2D eigenvalue weighted by Crippen LogP contribution is -2.49. The van der Waals surface area contributed by atoms with Crippen molar-refractivity contribution in [3.8, 4) is 0 Å². The van der Waals surface area contributed by atoms with E-state index in [1.54, 1.807) is 18.0 Å². The molecule has 0 saturated carbocycles. The van der Waals surface area contributed by atoms with E-state index in [0.29, 0.717) is 17.6 Å². The van der Waals surface area contributed by atoms with Crippen LogP contribution in [-0.2, 0) is 9.59 Å². The number of nitrogens with zero attached hydrogens (tertiary/aromatic N) is 2. The fourth-order valence-corrected chi connectivity index (χ4v) is 4.08. The lowest BCUT2D eigenvalue weighted by molar-refractivity contribution is -0.138. The molecule has 2 heterocycles. The summed E-state index contributed by atoms with van der Waals surface area (Å²) in [7, 11) is 3.70. The Morgan fingerprint density at radius 1 is 1.38 bits per heavy atom. The molecular formula is C18H24ClN3O2. The third-order valence-electron chi connectivity index (χ3n) is 5.24. The Bertz CT molecular complexity index is 636. The summed E-state index contributed by atoms with van der Waals surface area (Å²) in [6.07, 6.45) is 2.35. The van der Waals surface area contributed by atoms with E-state index in [4.69, 9.17) is 11.6 Å². The number of piperidine rings is 1. The number of carbonyl (C=O) groups excluding carboxylic acids is 2. The van der Waals surface area contributed by atoms with Crippen molar-refractivity contribution < 1.29 is 9.59 Å². The number of likely N-dealkylation sites (N-methyl/N-ethyl adjacent to an activating group) is 1. The van der Waals surface area contributed by atoms with E-state index in [1.807, 2.05) is 30.1 Å². The van der Waals surface area contributed by atoms with Gasteiger partial charge in [-0.1, -0.05) is 23.7 Å². The van der Waals surface area contributed by atoms with Crippen LogP contribution in [0, 0.1) is 5.92 Å². The van der Waals surface area contributed by atoms with Gasteiger partial charge < -0.3 is 15.1 Å². The van der Waals surface area contributed by atoms with Crippen molar-refractivity contribution in [2.75, 3.05) is 27.2 Å². The summed E-state index contributed by atoms with van der Waals surface area (Å²) in [5, 5.41) is 3.88. The van der Waals surface area contributed by atoms with Crippen LogP contribution in [0.25, 0.3) is 0 Å². The highest BCUT2D eigenvalue weighted by Gasteiger charge is 2.44. The summed E-state index contributed by atoms with van der Waals surface area (Å²) < 4.78 is 0. The van der Waals surface area contributed by atoms with Gasteiger partial charge in [0.1, 0.15) is 0 Å². The van der Waals surface area contributed by atoms with Crippen LogP contribution in [0.3, 0.4) is 0 Å². The average Bonchev–Trinajstić information content (AvgIpc) is 2.89. The van der Waals surface area contributed by atoms with Gasteiger partial charge in [-0.15, -0.1) is 0 Å². The van der Waals surface area contributed by atoms with Gasteiger partial charge in [0.2, 0.25) is 11.8 Å². The Hall–Kier alpha value is -1.59. The number of halogens is 1. The van der Waals surface area contributed by atoms with Crippen molar-refractivity contribution in [1.82, 2.24) is 15.1 Å². The zero-order valence-electron chi connectivity index (χ0n) is 14.2. The topological polar surface area (TPSA) is 52.7 Å². The first-order chi connectivity index (χ1) is 11.5. The van der Waals surface area contributed by atoms with Crippen molar-refractivity contribution in [1.29, 1.82) is 0 Å². The van der Waals surface area contributed by atoms with Crippen LogP contribution in [0.4, 0.5) is 0 Å². The van der Waals surface area contributed by atoms with Gasteiger partial charge in [-0.05, 0) is 37.6 Å². The van der Waals surface area contributed by atoms with Gasteiger partial charge in [-0.3, -0.25) is 9.59 Å². The highest BCUT2D eigenvalue weighted by molar-refractivity contribution is 6.30. The van der Waals surface area contributed by atoms with Crippen LogP contribution in [0.5, 0.6) is 0 Å². The first-order valence-electron chi connectivity index (χ1n) is 8.48. The smallest absolute Gasteiger partial charge is 0.228 e. The minimum atomic E-state index is -0.337. The quantitative estimate of drug-likeness (QED) is 0.909. The van der Waals surface area contributed by atoms with E-state index >= 15 is 0 Å². The zero-order chi connectivity index (χ0) is 17.3. The van der Waals surface area contributed by atoms with Gasteiger partial charge in [0.15, 0.2) is 0 Å². The van der Waals surface area contributed by atoms with Gasteiger partial charge in [-0.25, -0.2) is 0 Å². The molecule has 3 atom stereocenters. The first-order valence-corrected chi connectivity index (χ1v) is 8.86. The van der Waals surface area contributed by atoms with Gasteiger partial charge in [-0.2, -0.15) is 0 Å². The normalized spacial score (nSPS) is 27.6. The molecule has 2 aliphatic heterocycles. The Labute approximate surface area is 147 Å². The van der Waals surface area contributed by atoms with Crippen molar-refractivity contribution in [2.24, 2.45) is 5.92 Å². The Morgan fingerprint density at radius 2 is 2.17 bits per heavy atom. The number of benzene rings is 1. The molecule has 1 aromatic carbocycles. The largest absolute Gasteiger partial charge is 0.341 e. The minimum Gasteiger partial charge on any atom is -0.341 e. The molecule has 2 saturated heterocycles. The number of rotatable bonds is 3. The van der Waals surface area contributed by atoms with E-state index < -0.39 is 0 Å². The molecule has 3 rings (SSSR count). The summed E-state index contributed by atoms with van der Waals surface area (Å²) >= 11 is 6.11. The molecule has 0 bridgehead atoms. The summed E-state index contributed by atoms with van der Waals surface area (Å²) in [5.74, 6) is -0.241. The highest BCUT2D eigenvalue weighted by Crippen LogP contribution is 2.39. The molecule has 5 nitrogen and oxygen atoms in total. The van der Waals surface area contributed by atoms with Crippen LogP contribution in [-0.4, -0.2) is 54.8 Å². The monoisotopic (exact) mass is 349 g/mol. The fraction of sp³-hybridized carbons (Fsp3) is 0.556. The standard InChI is InChI=1S/C18H24ClN3O2/c1-20-14-7-4-8-22(11-14)18(24)15-10-16(23)21(2)17(15)12-5-3-6-13(19)9-12/h3,5-6,9,14-15,17,20H,4,7-8,10-11H2,1-2H3. The predicted molar refractivity (Wildman–Crippen MR) is 93.7 cm³/mol. The molecule has 0 aliphatic carbocycles. The second kappa shape index (κ2) is 7.11. The third-order valence-corrected chi connectivity index (χ3v) is 5.47. The van der Waals surface area contributed by atoms with E-state index in [-0.39, 0.29) is 30.2 Å². The molecule has 1 aromatic rings. The SMILES string of the molecule is CNC1CCCN(C(=O)C2CC(=O)N(C)C2c2cccc(Cl)c2)C1. The van der Waals surface area contributed by atoms with Crippen molar-refractivity contribution in [3.63, 3.8) is 0 Å². The van der Waals surface area contributed by atoms with Gasteiger partial charge in [0.25, 0.3) is 0 Å². The summed E-state index contributed by atoms with van der Waals surface area (Å²) in [6.45, 7) is 1.49. The van der Waals surface area contributed by atoms with Gasteiger partial charge in [0.05, 0.1) is 12.0 Å². The van der Waals surface area contributed by atoms with E-state index in [2.05, 4.69) is 5.32 Å².